The minimum absolute atomic E-state index is 0.0945. The number of hydrogen-bond acceptors (Lipinski definition) is 4. The maximum atomic E-state index is 9.62. The Morgan fingerprint density at radius 2 is 2.06 bits per heavy atom. The highest BCUT2D eigenvalue weighted by atomic mass is 79.9. The van der Waals surface area contributed by atoms with Gasteiger partial charge in [-0.1, -0.05) is 12.1 Å². The third-order valence-electron chi connectivity index (χ3n) is 2.29. The Morgan fingerprint density at radius 3 is 2.82 bits per heavy atom. The van der Waals surface area contributed by atoms with Crippen LogP contribution in [0, 0.1) is 0 Å². The molecule has 5 heteroatoms. The van der Waals surface area contributed by atoms with E-state index < -0.39 is 0 Å². The summed E-state index contributed by atoms with van der Waals surface area (Å²) in [6.45, 7) is 0.415. The molecule has 0 atom stereocenters. The normalized spacial score (nSPS) is 10.2. The minimum atomic E-state index is -0.114. The number of nitrogens with zero attached hydrogens (tertiary/aromatic N) is 1. The summed E-state index contributed by atoms with van der Waals surface area (Å²) < 4.78 is 0.877. The summed E-state index contributed by atoms with van der Waals surface area (Å²) in [5.74, 6) is -0.209. The Hall–Kier alpha value is -1.75. The Kier molecular flexibility index (Phi) is 3.49. The summed E-state index contributed by atoms with van der Waals surface area (Å²) in [5, 5.41) is 22.1. The number of phenols is 2. The molecule has 0 aliphatic heterocycles. The predicted octanol–water partition coefficient (Wildman–Crippen LogP) is 2.87. The lowest BCUT2D eigenvalue weighted by molar-refractivity contribution is 0.400. The molecule has 88 valence electrons. The van der Waals surface area contributed by atoms with Crippen molar-refractivity contribution in [1.82, 2.24) is 4.98 Å². The molecule has 0 amide bonds. The summed E-state index contributed by atoms with van der Waals surface area (Å²) in [7, 11) is 0. The number of rotatable bonds is 3. The first-order valence-electron chi connectivity index (χ1n) is 5.01. The molecule has 1 aromatic heterocycles. The second-order valence-electron chi connectivity index (χ2n) is 3.53. The highest BCUT2D eigenvalue weighted by Gasteiger charge is 2.05. The molecule has 0 aliphatic carbocycles. The molecule has 3 N–H and O–H groups in total. The molecule has 17 heavy (non-hydrogen) atoms. The molecule has 0 saturated heterocycles. The van der Waals surface area contributed by atoms with Gasteiger partial charge in [0.2, 0.25) is 0 Å². The van der Waals surface area contributed by atoms with E-state index in [4.69, 9.17) is 0 Å². The molecule has 0 unspecified atom stereocenters. The molecule has 0 spiro atoms. The van der Waals surface area contributed by atoms with Crippen molar-refractivity contribution in [2.24, 2.45) is 0 Å². The smallest absolute Gasteiger partial charge is 0.162 e. The third kappa shape index (κ3) is 2.88. The van der Waals surface area contributed by atoms with Gasteiger partial charge in [-0.3, -0.25) is 4.98 Å². The van der Waals surface area contributed by atoms with E-state index in [9.17, 15) is 10.2 Å². The lowest BCUT2D eigenvalue weighted by Gasteiger charge is -2.08. The van der Waals surface area contributed by atoms with Gasteiger partial charge in [0.05, 0.1) is 11.9 Å². The zero-order valence-electron chi connectivity index (χ0n) is 8.89. The molecule has 4 nitrogen and oxygen atoms in total. The molecule has 1 aromatic carbocycles. The van der Waals surface area contributed by atoms with Crippen LogP contribution in [-0.2, 0) is 6.54 Å². The minimum Gasteiger partial charge on any atom is -0.504 e. The summed E-state index contributed by atoms with van der Waals surface area (Å²) in [6.07, 6.45) is 3.38. The van der Waals surface area contributed by atoms with Crippen LogP contribution in [0.2, 0.25) is 0 Å². The zero-order chi connectivity index (χ0) is 12.3. The van der Waals surface area contributed by atoms with Gasteiger partial charge in [-0.2, -0.15) is 0 Å². The van der Waals surface area contributed by atoms with Crippen LogP contribution in [0.5, 0.6) is 11.5 Å². The van der Waals surface area contributed by atoms with Crippen LogP contribution in [0.25, 0.3) is 0 Å². The number of benzene rings is 1. The van der Waals surface area contributed by atoms with Gasteiger partial charge in [0, 0.05) is 22.8 Å². The second kappa shape index (κ2) is 5.05. The molecular weight excluding hydrogens is 284 g/mol. The fraction of sp³-hybridized carbons (Fsp3) is 0.0833. The molecule has 1 heterocycles. The fourth-order valence-electron chi connectivity index (χ4n) is 1.43. The van der Waals surface area contributed by atoms with E-state index in [-0.39, 0.29) is 11.5 Å². The monoisotopic (exact) mass is 294 g/mol. The van der Waals surface area contributed by atoms with Crippen LogP contribution in [0.4, 0.5) is 5.69 Å². The molecule has 0 bridgehead atoms. The van der Waals surface area contributed by atoms with Crippen molar-refractivity contribution in [3.05, 3.63) is 46.7 Å². The van der Waals surface area contributed by atoms with E-state index in [1.807, 2.05) is 6.07 Å². The number of nitrogens with one attached hydrogen (secondary N) is 1. The predicted molar refractivity (Wildman–Crippen MR) is 69.0 cm³/mol. The highest BCUT2D eigenvalue weighted by molar-refractivity contribution is 9.10. The molecular formula is C12H11BrN2O2. The number of anilines is 1. The van der Waals surface area contributed by atoms with Crippen molar-refractivity contribution >= 4 is 21.6 Å². The maximum absolute atomic E-state index is 9.62. The first-order valence-corrected chi connectivity index (χ1v) is 5.80. The number of para-hydroxylation sites is 1. The van der Waals surface area contributed by atoms with E-state index in [1.165, 1.54) is 6.07 Å². The Labute approximate surface area is 107 Å². The first-order chi connectivity index (χ1) is 8.16. The van der Waals surface area contributed by atoms with E-state index >= 15 is 0 Å². The van der Waals surface area contributed by atoms with Gasteiger partial charge in [-0.05, 0) is 28.1 Å². The van der Waals surface area contributed by atoms with E-state index in [0.29, 0.717) is 12.1 Å². The van der Waals surface area contributed by atoms with Crippen LogP contribution in [-0.4, -0.2) is 15.2 Å². The lowest BCUT2D eigenvalue weighted by Crippen LogP contribution is -2.00. The van der Waals surface area contributed by atoms with E-state index in [0.717, 1.165) is 10.2 Å². The standard InChI is InChI=1S/C12H11BrN2O2/c13-9-4-10(7-14-6-9)15-5-8-2-1-3-11(16)12(8)17/h1-4,6-7,15-17H,5H2. The molecule has 0 saturated carbocycles. The van der Waals surface area contributed by atoms with Crippen LogP contribution in [0.15, 0.2) is 41.1 Å². The number of pyridine rings is 1. The number of aromatic nitrogens is 1. The van der Waals surface area contributed by atoms with Crippen molar-refractivity contribution in [3.63, 3.8) is 0 Å². The summed E-state index contributed by atoms with van der Waals surface area (Å²) >= 11 is 3.32. The fourth-order valence-corrected chi connectivity index (χ4v) is 1.79. The maximum Gasteiger partial charge on any atom is 0.162 e. The average Bonchev–Trinajstić information content (AvgIpc) is 2.31. The Balaban J connectivity index is 2.10. The van der Waals surface area contributed by atoms with Crippen molar-refractivity contribution < 1.29 is 10.2 Å². The largest absolute Gasteiger partial charge is 0.504 e. The third-order valence-corrected chi connectivity index (χ3v) is 2.72. The Morgan fingerprint density at radius 1 is 1.24 bits per heavy atom. The molecule has 0 fully saturated rings. The number of hydrogen-bond donors (Lipinski definition) is 3. The van der Waals surface area contributed by atoms with E-state index in [2.05, 4.69) is 26.2 Å². The van der Waals surface area contributed by atoms with Crippen LogP contribution >= 0.6 is 15.9 Å². The van der Waals surface area contributed by atoms with Gasteiger partial charge in [0.15, 0.2) is 11.5 Å². The van der Waals surface area contributed by atoms with Crippen molar-refractivity contribution in [2.75, 3.05) is 5.32 Å². The summed E-state index contributed by atoms with van der Waals surface area (Å²) in [6, 6.07) is 6.75. The van der Waals surface area contributed by atoms with Crippen molar-refractivity contribution in [1.29, 1.82) is 0 Å². The van der Waals surface area contributed by atoms with Gasteiger partial charge in [0.25, 0.3) is 0 Å². The zero-order valence-corrected chi connectivity index (χ0v) is 10.5. The van der Waals surface area contributed by atoms with Gasteiger partial charge in [-0.15, -0.1) is 0 Å². The highest BCUT2D eigenvalue weighted by Crippen LogP contribution is 2.28. The number of halogens is 1. The van der Waals surface area contributed by atoms with Crippen molar-refractivity contribution in [2.45, 2.75) is 6.54 Å². The van der Waals surface area contributed by atoms with Gasteiger partial charge >= 0.3 is 0 Å². The summed E-state index contributed by atoms with van der Waals surface area (Å²) in [4.78, 5) is 4.02. The van der Waals surface area contributed by atoms with Gasteiger partial charge < -0.3 is 15.5 Å². The molecule has 2 rings (SSSR count). The lowest BCUT2D eigenvalue weighted by atomic mass is 10.2. The van der Waals surface area contributed by atoms with Gasteiger partial charge in [0.1, 0.15) is 0 Å². The van der Waals surface area contributed by atoms with Crippen LogP contribution in [0.3, 0.4) is 0 Å². The SMILES string of the molecule is Oc1cccc(CNc2cncc(Br)c2)c1O. The van der Waals surface area contributed by atoms with Crippen LogP contribution in [0.1, 0.15) is 5.56 Å². The van der Waals surface area contributed by atoms with Crippen LogP contribution < -0.4 is 5.32 Å². The van der Waals surface area contributed by atoms with Crippen molar-refractivity contribution in [3.8, 4) is 11.5 Å². The summed E-state index contributed by atoms with van der Waals surface area (Å²) in [5.41, 5.74) is 1.46. The van der Waals surface area contributed by atoms with E-state index in [1.54, 1.807) is 24.5 Å². The quantitative estimate of drug-likeness (QED) is 0.762. The topological polar surface area (TPSA) is 65.4 Å². The van der Waals surface area contributed by atoms with Gasteiger partial charge in [-0.25, -0.2) is 0 Å². The molecule has 0 radical (unpaired) electrons. The molecule has 0 aliphatic rings. The first kappa shape index (κ1) is 11.7. The average molecular weight is 295 g/mol. The Bertz CT molecular complexity index is 532. The second-order valence-corrected chi connectivity index (χ2v) is 4.45. The number of aromatic hydroxyl groups is 2. The molecule has 2 aromatic rings. The number of phenolic OH excluding ortho intramolecular Hbond substituents is 2.